The van der Waals surface area contributed by atoms with Gasteiger partial charge in [0.1, 0.15) is 5.75 Å². The first-order valence-electron chi connectivity index (χ1n) is 9.75. The maximum atomic E-state index is 5.27. The molecule has 2 heterocycles. The first-order valence-corrected chi connectivity index (χ1v) is 10.9. The number of pyridine rings is 2. The van der Waals surface area contributed by atoms with Crippen molar-refractivity contribution in [1.29, 1.82) is 0 Å². The second-order valence-corrected chi connectivity index (χ2v) is 7.72. The highest BCUT2D eigenvalue weighted by Gasteiger charge is 2.09. The van der Waals surface area contributed by atoms with Crippen LogP contribution in [0.3, 0.4) is 0 Å². The van der Waals surface area contributed by atoms with E-state index in [4.69, 9.17) is 14.7 Å². The number of nitrogens with zero attached hydrogens (tertiary/aromatic N) is 2. The van der Waals surface area contributed by atoms with Crippen LogP contribution in [0, 0.1) is 0 Å². The normalized spacial score (nSPS) is 11.1. The summed E-state index contributed by atoms with van der Waals surface area (Å²) in [5, 5.41) is 3.02. The average Bonchev–Trinajstić information content (AvgIpc) is 2.83. The number of hydrogen-bond donors (Lipinski definition) is 0. The molecular formula is C26H19BrN2O. The summed E-state index contributed by atoms with van der Waals surface area (Å²) in [6.45, 7) is 0. The molecule has 4 heteroatoms. The molecule has 0 aliphatic heterocycles. The fourth-order valence-corrected chi connectivity index (χ4v) is 3.99. The van der Waals surface area contributed by atoms with Crippen LogP contribution in [0.25, 0.3) is 44.3 Å². The Morgan fingerprint density at radius 1 is 0.633 bits per heavy atom. The van der Waals surface area contributed by atoms with Crippen molar-refractivity contribution in [2.24, 2.45) is 0 Å². The van der Waals surface area contributed by atoms with Crippen molar-refractivity contribution in [3.63, 3.8) is 0 Å². The van der Waals surface area contributed by atoms with E-state index in [1.165, 1.54) is 5.56 Å². The summed E-state index contributed by atoms with van der Waals surface area (Å²) in [4.78, 5) is 9.98. The molecule has 0 N–H and O–H groups in total. The highest BCUT2D eigenvalue weighted by molar-refractivity contribution is 9.08. The van der Waals surface area contributed by atoms with Gasteiger partial charge >= 0.3 is 0 Å². The fourth-order valence-electron chi connectivity index (χ4n) is 3.62. The molecule has 5 aromatic rings. The fraction of sp³-hybridized carbons (Fsp3) is 0.0769. The molecule has 0 saturated heterocycles. The molecule has 0 amide bonds. The van der Waals surface area contributed by atoms with Gasteiger partial charge in [0.15, 0.2) is 0 Å². The van der Waals surface area contributed by atoms with Crippen molar-refractivity contribution < 1.29 is 4.74 Å². The monoisotopic (exact) mass is 454 g/mol. The van der Waals surface area contributed by atoms with E-state index in [0.717, 1.165) is 55.4 Å². The van der Waals surface area contributed by atoms with Crippen LogP contribution in [0.2, 0.25) is 0 Å². The van der Waals surface area contributed by atoms with Crippen LogP contribution in [0.5, 0.6) is 5.75 Å². The SMILES string of the molecule is COc1ccc(-c2ccc3ccc4ccc(-c5ccc(CBr)cc5)nc4c3n2)cc1. The summed E-state index contributed by atoms with van der Waals surface area (Å²) in [6.07, 6.45) is 0. The van der Waals surface area contributed by atoms with E-state index in [1.807, 2.05) is 24.3 Å². The molecule has 0 saturated carbocycles. The molecule has 0 unspecified atom stereocenters. The maximum Gasteiger partial charge on any atom is 0.118 e. The third-order valence-corrected chi connectivity index (χ3v) is 5.96. The highest BCUT2D eigenvalue weighted by atomic mass is 79.9. The minimum atomic E-state index is 0.835. The Kier molecular flexibility index (Phi) is 4.93. The maximum absolute atomic E-state index is 5.27. The van der Waals surface area contributed by atoms with Crippen molar-refractivity contribution >= 4 is 37.7 Å². The topological polar surface area (TPSA) is 35.0 Å². The first kappa shape index (κ1) is 18.8. The van der Waals surface area contributed by atoms with Gasteiger partial charge in [-0.3, -0.25) is 0 Å². The molecule has 2 aromatic heterocycles. The van der Waals surface area contributed by atoms with Crippen LogP contribution in [0.4, 0.5) is 0 Å². The molecule has 3 aromatic carbocycles. The molecule has 3 nitrogen and oxygen atoms in total. The lowest BCUT2D eigenvalue weighted by Gasteiger charge is -2.09. The van der Waals surface area contributed by atoms with Gasteiger partial charge in [0.25, 0.3) is 0 Å². The lowest BCUT2D eigenvalue weighted by Crippen LogP contribution is -1.91. The Morgan fingerprint density at radius 2 is 1.10 bits per heavy atom. The van der Waals surface area contributed by atoms with Gasteiger partial charge in [-0.2, -0.15) is 0 Å². The van der Waals surface area contributed by atoms with Gasteiger partial charge in [-0.1, -0.05) is 64.5 Å². The Morgan fingerprint density at radius 3 is 1.57 bits per heavy atom. The second-order valence-electron chi connectivity index (χ2n) is 7.16. The molecule has 5 rings (SSSR count). The lowest BCUT2D eigenvalue weighted by molar-refractivity contribution is 0.415. The number of ether oxygens (including phenoxy) is 1. The molecule has 30 heavy (non-hydrogen) atoms. The second kappa shape index (κ2) is 7.88. The van der Waals surface area contributed by atoms with Crippen molar-refractivity contribution in [2.75, 3.05) is 7.11 Å². The third kappa shape index (κ3) is 3.44. The summed E-state index contributed by atoms with van der Waals surface area (Å²) >= 11 is 3.50. The van der Waals surface area contributed by atoms with Crippen molar-refractivity contribution in [2.45, 2.75) is 5.33 Å². The number of methoxy groups -OCH3 is 1. The van der Waals surface area contributed by atoms with Crippen molar-refractivity contribution in [3.05, 3.63) is 90.5 Å². The molecule has 0 bridgehead atoms. The average molecular weight is 455 g/mol. The summed E-state index contributed by atoms with van der Waals surface area (Å²) in [6, 6.07) is 29.0. The zero-order valence-electron chi connectivity index (χ0n) is 16.5. The number of alkyl halides is 1. The van der Waals surface area contributed by atoms with Gasteiger partial charge in [-0.15, -0.1) is 0 Å². The van der Waals surface area contributed by atoms with E-state index in [-0.39, 0.29) is 0 Å². The van der Waals surface area contributed by atoms with Crippen molar-refractivity contribution in [3.8, 4) is 28.3 Å². The first-order chi connectivity index (χ1) is 14.7. The summed E-state index contributed by atoms with van der Waals surface area (Å²) < 4.78 is 5.27. The lowest BCUT2D eigenvalue weighted by atomic mass is 10.0. The smallest absolute Gasteiger partial charge is 0.118 e. The highest BCUT2D eigenvalue weighted by Crippen LogP contribution is 2.29. The molecule has 0 radical (unpaired) electrons. The van der Waals surface area contributed by atoms with E-state index in [1.54, 1.807) is 7.11 Å². The third-order valence-electron chi connectivity index (χ3n) is 5.31. The van der Waals surface area contributed by atoms with Gasteiger partial charge in [0.05, 0.1) is 29.5 Å². The van der Waals surface area contributed by atoms with Crippen LogP contribution in [-0.4, -0.2) is 17.1 Å². The molecule has 0 spiro atoms. The van der Waals surface area contributed by atoms with E-state index in [9.17, 15) is 0 Å². The summed E-state index contributed by atoms with van der Waals surface area (Å²) in [5.41, 5.74) is 7.11. The van der Waals surface area contributed by atoms with E-state index >= 15 is 0 Å². The number of aromatic nitrogens is 2. The zero-order valence-corrected chi connectivity index (χ0v) is 18.1. The van der Waals surface area contributed by atoms with Gasteiger partial charge in [0.2, 0.25) is 0 Å². The summed E-state index contributed by atoms with van der Waals surface area (Å²) in [7, 11) is 1.67. The van der Waals surface area contributed by atoms with Gasteiger partial charge in [-0.25, -0.2) is 9.97 Å². The Bertz CT molecular complexity index is 1240. The quantitative estimate of drug-likeness (QED) is 0.216. The number of hydrogen-bond acceptors (Lipinski definition) is 3. The van der Waals surface area contributed by atoms with Gasteiger partial charge in [-0.05, 0) is 42.0 Å². The van der Waals surface area contributed by atoms with Crippen molar-refractivity contribution in [1.82, 2.24) is 9.97 Å². The molecule has 0 fully saturated rings. The standard InChI is InChI=1S/C26H19BrN2O/c1-30-22-12-8-19(9-13-22)24-15-11-21-7-6-20-10-14-23(28-25(20)26(21)29-24)18-4-2-17(16-27)3-5-18/h2-15H,16H2,1H3. The largest absolute Gasteiger partial charge is 0.497 e. The summed E-state index contributed by atoms with van der Waals surface area (Å²) in [5.74, 6) is 0.835. The Balaban J connectivity index is 1.65. The predicted octanol–water partition coefficient (Wildman–Crippen LogP) is 7.02. The molecule has 0 aliphatic carbocycles. The van der Waals surface area contributed by atoms with Crippen LogP contribution in [0.15, 0.2) is 84.9 Å². The molecular weight excluding hydrogens is 436 g/mol. The Hall–Kier alpha value is -3.24. The minimum Gasteiger partial charge on any atom is -0.497 e. The Labute approximate surface area is 183 Å². The molecule has 0 aliphatic rings. The van der Waals surface area contributed by atoms with E-state index < -0.39 is 0 Å². The van der Waals surface area contributed by atoms with E-state index in [2.05, 4.69) is 76.6 Å². The van der Waals surface area contributed by atoms with Crippen LogP contribution in [0.1, 0.15) is 5.56 Å². The number of benzene rings is 3. The minimum absolute atomic E-state index is 0.835. The van der Waals surface area contributed by atoms with E-state index in [0.29, 0.717) is 0 Å². The van der Waals surface area contributed by atoms with Gasteiger partial charge < -0.3 is 4.74 Å². The number of fused-ring (bicyclic) bond motifs is 3. The molecule has 146 valence electrons. The zero-order chi connectivity index (χ0) is 20.5. The van der Waals surface area contributed by atoms with Crippen LogP contribution < -0.4 is 4.74 Å². The van der Waals surface area contributed by atoms with Crippen LogP contribution >= 0.6 is 15.9 Å². The number of halogens is 1. The predicted molar refractivity (Wildman–Crippen MR) is 127 cm³/mol. The number of rotatable bonds is 4. The van der Waals surface area contributed by atoms with Gasteiger partial charge in [0, 0.05) is 27.2 Å². The molecule has 0 atom stereocenters. The van der Waals surface area contributed by atoms with Crippen LogP contribution in [-0.2, 0) is 5.33 Å².